The van der Waals surface area contributed by atoms with E-state index in [1.165, 1.54) is 0 Å². The van der Waals surface area contributed by atoms with E-state index in [1.807, 2.05) is 6.92 Å². The second kappa shape index (κ2) is 8.25. The van der Waals surface area contributed by atoms with Crippen LogP contribution in [-0.2, 0) is 9.59 Å². The van der Waals surface area contributed by atoms with E-state index in [0.29, 0.717) is 6.04 Å². The minimum atomic E-state index is -0.192. The van der Waals surface area contributed by atoms with Crippen LogP contribution in [0.5, 0.6) is 0 Å². The quantitative estimate of drug-likeness (QED) is 0.658. The molecule has 1 aliphatic rings. The molecule has 0 radical (unpaired) electrons. The highest BCUT2D eigenvalue weighted by Gasteiger charge is 2.26. The average Bonchev–Trinajstić information content (AvgIpc) is 2.44. The second-order valence-corrected chi connectivity index (χ2v) is 5.86. The van der Waals surface area contributed by atoms with E-state index in [4.69, 9.17) is 5.73 Å². The first kappa shape index (κ1) is 17.0. The van der Waals surface area contributed by atoms with Gasteiger partial charge in [0.25, 0.3) is 0 Å². The zero-order valence-electron chi connectivity index (χ0n) is 12.9. The molecule has 0 aromatic carbocycles. The van der Waals surface area contributed by atoms with E-state index >= 15 is 0 Å². The number of nitrogens with one attached hydrogen (secondary N) is 2. The van der Waals surface area contributed by atoms with Crippen molar-refractivity contribution in [1.29, 1.82) is 0 Å². The molecule has 0 aromatic rings. The van der Waals surface area contributed by atoms with Gasteiger partial charge in [-0.05, 0) is 45.4 Å². The third-order valence-electron chi connectivity index (χ3n) is 4.34. The molecule has 116 valence electrons. The Morgan fingerprint density at radius 2 is 1.70 bits per heavy atom. The Morgan fingerprint density at radius 3 is 2.15 bits per heavy atom. The van der Waals surface area contributed by atoms with Crippen LogP contribution in [0.2, 0.25) is 0 Å². The van der Waals surface area contributed by atoms with E-state index in [-0.39, 0.29) is 29.8 Å². The molecule has 0 bridgehead atoms. The van der Waals surface area contributed by atoms with Crippen LogP contribution in [0.3, 0.4) is 0 Å². The highest BCUT2D eigenvalue weighted by Crippen LogP contribution is 2.24. The van der Waals surface area contributed by atoms with E-state index in [9.17, 15) is 9.59 Å². The minimum Gasteiger partial charge on any atom is -0.369 e. The molecule has 20 heavy (non-hydrogen) atoms. The molecule has 5 nitrogen and oxygen atoms in total. The number of hydrogen-bond acceptors (Lipinski definition) is 3. The van der Waals surface area contributed by atoms with Crippen LogP contribution in [0.4, 0.5) is 0 Å². The Morgan fingerprint density at radius 1 is 1.15 bits per heavy atom. The van der Waals surface area contributed by atoms with E-state index in [0.717, 1.165) is 38.5 Å². The molecule has 0 aromatic heterocycles. The molecular formula is C15H29N3O2. The van der Waals surface area contributed by atoms with Crippen LogP contribution in [0.1, 0.15) is 59.3 Å². The van der Waals surface area contributed by atoms with Crippen molar-refractivity contribution >= 4 is 11.8 Å². The minimum absolute atomic E-state index is 0.0155. The molecule has 1 atom stereocenters. The van der Waals surface area contributed by atoms with Crippen LogP contribution in [0.15, 0.2) is 0 Å². The van der Waals surface area contributed by atoms with Gasteiger partial charge in [-0.2, -0.15) is 0 Å². The molecule has 1 saturated carbocycles. The van der Waals surface area contributed by atoms with Crippen LogP contribution >= 0.6 is 0 Å². The summed E-state index contributed by atoms with van der Waals surface area (Å²) in [6.45, 7) is 6.06. The number of nitrogens with two attached hydrogens (primary N) is 1. The molecule has 1 unspecified atom stereocenters. The summed E-state index contributed by atoms with van der Waals surface area (Å²) in [5, 5.41) is 6.42. The zero-order chi connectivity index (χ0) is 15.1. The van der Waals surface area contributed by atoms with Crippen LogP contribution < -0.4 is 16.4 Å². The highest BCUT2D eigenvalue weighted by molar-refractivity contribution is 5.81. The van der Waals surface area contributed by atoms with Crippen molar-refractivity contribution < 1.29 is 9.59 Å². The SMILES string of the molecule is CCC(CC)NC(=O)C(C)NC1CCC(C(N)=O)CC1. The number of hydrogen-bond donors (Lipinski definition) is 3. The number of carbonyl (C=O) groups is 2. The Hall–Kier alpha value is -1.10. The van der Waals surface area contributed by atoms with Crippen molar-refractivity contribution in [2.75, 3.05) is 0 Å². The summed E-state index contributed by atoms with van der Waals surface area (Å²) in [5.74, 6) is -0.111. The third kappa shape index (κ3) is 5.12. The molecule has 1 rings (SSSR count). The Kier molecular flexibility index (Phi) is 6.99. The van der Waals surface area contributed by atoms with Crippen LogP contribution in [0.25, 0.3) is 0 Å². The summed E-state index contributed by atoms with van der Waals surface area (Å²) in [4.78, 5) is 23.2. The highest BCUT2D eigenvalue weighted by atomic mass is 16.2. The van der Waals surface area contributed by atoms with Gasteiger partial charge < -0.3 is 16.4 Å². The van der Waals surface area contributed by atoms with Gasteiger partial charge in [0.2, 0.25) is 11.8 Å². The maximum atomic E-state index is 12.1. The van der Waals surface area contributed by atoms with Crippen molar-refractivity contribution in [2.45, 2.75) is 77.4 Å². The Bertz CT molecular complexity index is 321. The fraction of sp³-hybridized carbons (Fsp3) is 0.867. The number of primary amides is 1. The van der Waals surface area contributed by atoms with Crippen LogP contribution in [0, 0.1) is 5.92 Å². The first-order valence-electron chi connectivity index (χ1n) is 7.83. The number of carbonyl (C=O) groups excluding carboxylic acids is 2. The summed E-state index contributed by atoms with van der Waals surface area (Å²) in [6.07, 6.45) is 5.39. The predicted molar refractivity (Wildman–Crippen MR) is 80.1 cm³/mol. The summed E-state index contributed by atoms with van der Waals surface area (Å²) in [7, 11) is 0. The van der Waals surface area contributed by atoms with Gasteiger partial charge in [-0.3, -0.25) is 9.59 Å². The van der Waals surface area contributed by atoms with Gasteiger partial charge in [0, 0.05) is 18.0 Å². The van der Waals surface area contributed by atoms with Gasteiger partial charge in [-0.25, -0.2) is 0 Å². The Labute approximate surface area is 122 Å². The normalized spacial score (nSPS) is 24.4. The lowest BCUT2D eigenvalue weighted by atomic mass is 9.85. The molecule has 0 saturated heterocycles. The van der Waals surface area contributed by atoms with Crippen molar-refractivity contribution in [1.82, 2.24) is 10.6 Å². The summed E-state index contributed by atoms with van der Waals surface area (Å²) in [6, 6.07) is 0.385. The first-order chi connectivity index (χ1) is 9.47. The molecule has 0 spiro atoms. The van der Waals surface area contributed by atoms with Gasteiger partial charge in [-0.1, -0.05) is 13.8 Å². The molecule has 1 fully saturated rings. The smallest absolute Gasteiger partial charge is 0.237 e. The number of amides is 2. The fourth-order valence-electron chi connectivity index (χ4n) is 2.79. The molecular weight excluding hydrogens is 254 g/mol. The topological polar surface area (TPSA) is 84.2 Å². The maximum absolute atomic E-state index is 12.1. The van der Waals surface area contributed by atoms with Gasteiger partial charge in [-0.15, -0.1) is 0 Å². The van der Waals surface area contributed by atoms with Gasteiger partial charge in [0.1, 0.15) is 0 Å². The summed E-state index contributed by atoms with van der Waals surface area (Å²) >= 11 is 0. The average molecular weight is 283 g/mol. The lowest BCUT2D eigenvalue weighted by Crippen LogP contribution is -2.50. The largest absolute Gasteiger partial charge is 0.369 e. The zero-order valence-corrected chi connectivity index (χ0v) is 12.9. The first-order valence-corrected chi connectivity index (χ1v) is 7.83. The molecule has 5 heteroatoms. The van der Waals surface area contributed by atoms with E-state index in [1.54, 1.807) is 0 Å². The second-order valence-electron chi connectivity index (χ2n) is 5.86. The predicted octanol–water partition coefficient (Wildman–Crippen LogP) is 1.31. The fourth-order valence-corrected chi connectivity index (χ4v) is 2.79. The molecule has 2 amide bonds. The Balaban J connectivity index is 2.34. The molecule has 4 N–H and O–H groups in total. The molecule has 1 aliphatic carbocycles. The molecule has 0 aliphatic heterocycles. The van der Waals surface area contributed by atoms with Crippen molar-refractivity contribution in [3.05, 3.63) is 0 Å². The van der Waals surface area contributed by atoms with Crippen molar-refractivity contribution in [2.24, 2.45) is 11.7 Å². The lowest BCUT2D eigenvalue weighted by Gasteiger charge is -2.30. The van der Waals surface area contributed by atoms with Gasteiger partial charge in [0.15, 0.2) is 0 Å². The monoisotopic (exact) mass is 283 g/mol. The summed E-state index contributed by atoms with van der Waals surface area (Å²) < 4.78 is 0. The third-order valence-corrected chi connectivity index (χ3v) is 4.34. The van der Waals surface area contributed by atoms with Gasteiger partial charge >= 0.3 is 0 Å². The van der Waals surface area contributed by atoms with Crippen molar-refractivity contribution in [3.63, 3.8) is 0 Å². The van der Waals surface area contributed by atoms with E-state index in [2.05, 4.69) is 24.5 Å². The standard InChI is InChI=1S/C15H29N3O2/c1-4-12(5-2)18-15(20)10(3)17-13-8-6-11(7-9-13)14(16)19/h10-13,17H,4-9H2,1-3H3,(H2,16,19)(H,18,20). The van der Waals surface area contributed by atoms with E-state index < -0.39 is 0 Å². The molecule has 0 heterocycles. The number of rotatable bonds is 7. The van der Waals surface area contributed by atoms with Gasteiger partial charge in [0.05, 0.1) is 6.04 Å². The summed E-state index contributed by atoms with van der Waals surface area (Å²) in [5.41, 5.74) is 5.32. The lowest BCUT2D eigenvalue weighted by molar-refractivity contribution is -0.125. The van der Waals surface area contributed by atoms with Crippen LogP contribution in [-0.4, -0.2) is 29.9 Å². The maximum Gasteiger partial charge on any atom is 0.237 e. The van der Waals surface area contributed by atoms with Crippen molar-refractivity contribution in [3.8, 4) is 0 Å².